The molecule has 0 bridgehead atoms. The van der Waals surface area contributed by atoms with Crippen LogP contribution in [0, 0.1) is 0 Å². The predicted molar refractivity (Wildman–Crippen MR) is 68.8 cm³/mol. The molecule has 1 aromatic heterocycles. The van der Waals surface area contributed by atoms with Gasteiger partial charge in [-0.1, -0.05) is 6.07 Å². The number of benzene rings is 1. The van der Waals surface area contributed by atoms with Crippen LogP contribution in [-0.4, -0.2) is 15.9 Å². The number of imidazole rings is 1. The van der Waals surface area contributed by atoms with Gasteiger partial charge < -0.3 is 9.97 Å². The molecule has 0 aliphatic carbocycles. The molecule has 6 heteroatoms. The van der Waals surface area contributed by atoms with Crippen molar-refractivity contribution in [2.75, 3.05) is 0 Å². The van der Waals surface area contributed by atoms with Gasteiger partial charge in [-0.15, -0.1) is 0 Å². The summed E-state index contributed by atoms with van der Waals surface area (Å²) in [5, 5.41) is 0. The Kier molecular flexibility index (Phi) is 3.78. The molecule has 0 saturated carbocycles. The molecule has 2 aromatic rings. The molecule has 0 radical (unpaired) electrons. The van der Waals surface area contributed by atoms with Crippen molar-refractivity contribution in [3.05, 3.63) is 34.2 Å². The summed E-state index contributed by atoms with van der Waals surface area (Å²) in [4.78, 5) is 27.4. The van der Waals surface area contributed by atoms with Gasteiger partial charge in [0.1, 0.15) is 0 Å². The summed E-state index contributed by atoms with van der Waals surface area (Å²) in [6.07, 6.45) is 3.03. The highest BCUT2D eigenvalue weighted by atomic mass is 16.2. The maximum Gasteiger partial charge on any atom is 0.323 e. The second-order valence-electron chi connectivity index (χ2n) is 4.23. The number of amides is 1. The molecule has 6 nitrogen and oxygen atoms in total. The van der Waals surface area contributed by atoms with Crippen LogP contribution >= 0.6 is 0 Å². The Morgan fingerprint density at radius 3 is 2.78 bits per heavy atom. The number of nitrogens with one attached hydrogen (secondary N) is 3. The third kappa shape index (κ3) is 2.98. The standard InChI is InChI=1S/C12H16N4O2/c13-16-11(17)4-2-1-3-8-5-6-9-10(7-8)15-12(18)14-9/h5-7H,1-4,13H2,(H,16,17)(H2,14,15,18). The van der Waals surface area contributed by atoms with Crippen LogP contribution < -0.4 is 17.0 Å². The van der Waals surface area contributed by atoms with E-state index in [-0.39, 0.29) is 11.6 Å². The Balaban J connectivity index is 1.91. The first kappa shape index (κ1) is 12.4. The summed E-state index contributed by atoms with van der Waals surface area (Å²) >= 11 is 0. The van der Waals surface area contributed by atoms with E-state index < -0.39 is 0 Å². The molecule has 2 rings (SSSR count). The van der Waals surface area contributed by atoms with E-state index in [1.54, 1.807) is 0 Å². The molecular formula is C12H16N4O2. The van der Waals surface area contributed by atoms with E-state index in [4.69, 9.17) is 5.84 Å². The Morgan fingerprint density at radius 1 is 1.22 bits per heavy atom. The second-order valence-corrected chi connectivity index (χ2v) is 4.23. The van der Waals surface area contributed by atoms with Gasteiger partial charge in [-0.3, -0.25) is 10.2 Å². The number of rotatable bonds is 5. The number of hydrogen-bond donors (Lipinski definition) is 4. The number of aromatic nitrogens is 2. The van der Waals surface area contributed by atoms with Crippen LogP contribution in [0.2, 0.25) is 0 Å². The van der Waals surface area contributed by atoms with Crippen LogP contribution in [0.5, 0.6) is 0 Å². The van der Waals surface area contributed by atoms with Crippen molar-refractivity contribution in [3.63, 3.8) is 0 Å². The van der Waals surface area contributed by atoms with Crippen molar-refractivity contribution in [1.29, 1.82) is 0 Å². The molecule has 0 unspecified atom stereocenters. The number of carbonyl (C=O) groups excluding carboxylic acids is 1. The number of hydrazine groups is 1. The van der Waals surface area contributed by atoms with Crippen LogP contribution in [0.3, 0.4) is 0 Å². The zero-order chi connectivity index (χ0) is 13.0. The Labute approximate surface area is 104 Å². The maximum atomic E-state index is 11.1. The Bertz CT molecular complexity index is 599. The number of carbonyl (C=O) groups is 1. The van der Waals surface area contributed by atoms with Gasteiger partial charge in [-0.2, -0.15) is 0 Å². The molecule has 0 aliphatic rings. The van der Waals surface area contributed by atoms with Gasteiger partial charge in [-0.05, 0) is 37.0 Å². The molecule has 0 aliphatic heterocycles. The van der Waals surface area contributed by atoms with Gasteiger partial charge in [0, 0.05) is 6.42 Å². The van der Waals surface area contributed by atoms with Crippen LogP contribution in [0.1, 0.15) is 24.8 Å². The summed E-state index contributed by atoms with van der Waals surface area (Å²) in [5.74, 6) is 4.85. The minimum absolute atomic E-state index is 0.139. The maximum absolute atomic E-state index is 11.1. The van der Waals surface area contributed by atoms with Crippen LogP contribution in [-0.2, 0) is 11.2 Å². The van der Waals surface area contributed by atoms with Crippen molar-refractivity contribution in [1.82, 2.24) is 15.4 Å². The highest BCUT2D eigenvalue weighted by molar-refractivity contribution is 5.75. The van der Waals surface area contributed by atoms with Crippen LogP contribution in [0.25, 0.3) is 11.0 Å². The number of H-pyrrole nitrogens is 2. The normalized spacial score (nSPS) is 10.7. The van der Waals surface area contributed by atoms with Crippen molar-refractivity contribution in [3.8, 4) is 0 Å². The van der Waals surface area contributed by atoms with Gasteiger partial charge in [0.05, 0.1) is 11.0 Å². The second kappa shape index (κ2) is 5.50. The summed E-state index contributed by atoms with van der Waals surface area (Å²) < 4.78 is 0. The first-order valence-corrected chi connectivity index (χ1v) is 5.89. The lowest BCUT2D eigenvalue weighted by Crippen LogP contribution is -2.29. The first-order valence-electron chi connectivity index (χ1n) is 5.89. The molecule has 0 spiro atoms. The molecule has 1 heterocycles. The van der Waals surface area contributed by atoms with Gasteiger partial charge in [0.15, 0.2) is 0 Å². The summed E-state index contributed by atoms with van der Waals surface area (Å²) in [5.41, 5.74) is 4.69. The van der Waals surface area contributed by atoms with Crippen molar-refractivity contribution < 1.29 is 4.79 Å². The highest BCUT2D eigenvalue weighted by Gasteiger charge is 2.01. The molecule has 96 valence electrons. The van der Waals surface area contributed by atoms with E-state index in [0.29, 0.717) is 6.42 Å². The number of aryl methyl sites for hydroxylation is 1. The fraction of sp³-hybridized carbons (Fsp3) is 0.333. The summed E-state index contributed by atoms with van der Waals surface area (Å²) in [6.45, 7) is 0. The lowest BCUT2D eigenvalue weighted by Gasteiger charge is -2.02. The third-order valence-electron chi connectivity index (χ3n) is 2.86. The molecule has 1 aromatic carbocycles. The van der Waals surface area contributed by atoms with Gasteiger partial charge in [0.2, 0.25) is 5.91 Å². The van der Waals surface area contributed by atoms with E-state index >= 15 is 0 Å². The SMILES string of the molecule is NNC(=O)CCCCc1ccc2[nH]c(=O)[nH]c2c1. The van der Waals surface area contributed by atoms with E-state index in [1.807, 2.05) is 18.2 Å². The number of hydrogen-bond acceptors (Lipinski definition) is 3. The average molecular weight is 248 g/mol. The Hall–Kier alpha value is -2.08. The zero-order valence-corrected chi connectivity index (χ0v) is 9.95. The van der Waals surface area contributed by atoms with Crippen LogP contribution in [0.4, 0.5) is 0 Å². The average Bonchev–Trinajstić information content (AvgIpc) is 2.73. The van der Waals surface area contributed by atoms with E-state index in [0.717, 1.165) is 35.9 Å². The lowest BCUT2D eigenvalue weighted by atomic mass is 10.1. The minimum atomic E-state index is -0.193. The third-order valence-corrected chi connectivity index (χ3v) is 2.86. The summed E-state index contributed by atoms with van der Waals surface area (Å²) in [6, 6.07) is 5.82. The molecule has 5 N–H and O–H groups in total. The fourth-order valence-corrected chi connectivity index (χ4v) is 1.92. The largest absolute Gasteiger partial charge is 0.323 e. The topological polar surface area (TPSA) is 104 Å². The molecule has 1 amide bonds. The van der Waals surface area contributed by atoms with Crippen molar-refractivity contribution in [2.45, 2.75) is 25.7 Å². The summed E-state index contributed by atoms with van der Waals surface area (Å²) in [7, 11) is 0. The van der Waals surface area contributed by atoms with Crippen molar-refractivity contribution >= 4 is 16.9 Å². The predicted octanol–water partition coefficient (Wildman–Crippen LogP) is 0.559. The monoisotopic (exact) mass is 248 g/mol. The van der Waals surface area contributed by atoms with E-state index in [1.165, 1.54) is 0 Å². The van der Waals surface area contributed by atoms with Crippen molar-refractivity contribution in [2.24, 2.45) is 5.84 Å². The number of unbranched alkanes of at least 4 members (excludes halogenated alkanes) is 1. The van der Waals surface area contributed by atoms with Gasteiger partial charge >= 0.3 is 5.69 Å². The van der Waals surface area contributed by atoms with E-state index in [2.05, 4.69) is 15.4 Å². The smallest absolute Gasteiger partial charge is 0.306 e. The molecule has 0 saturated heterocycles. The van der Waals surface area contributed by atoms with Gasteiger partial charge in [-0.25, -0.2) is 10.6 Å². The van der Waals surface area contributed by atoms with Crippen LogP contribution in [0.15, 0.2) is 23.0 Å². The Morgan fingerprint density at radius 2 is 2.00 bits per heavy atom. The van der Waals surface area contributed by atoms with E-state index in [9.17, 15) is 9.59 Å². The number of aromatic amines is 2. The molecule has 18 heavy (non-hydrogen) atoms. The first-order chi connectivity index (χ1) is 8.69. The quantitative estimate of drug-likeness (QED) is 0.269. The molecule has 0 atom stereocenters. The zero-order valence-electron chi connectivity index (χ0n) is 9.95. The number of nitrogens with two attached hydrogens (primary N) is 1. The number of fused-ring (bicyclic) bond motifs is 1. The van der Waals surface area contributed by atoms with Gasteiger partial charge in [0.25, 0.3) is 0 Å². The minimum Gasteiger partial charge on any atom is -0.306 e. The molecule has 0 fully saturated rings. The highest BCUT2D eigenvalue weighted by Crippen LogP contribution is 2.12. The molecular weight excluding hydrogens is 232 g/mol. The fourth-order valence-electron chi connectivity index (χ4n) is 1.92. The lowest BCUT2D eigenvalue weighted by molar-refractivity contribution is -0.121.